The van der Waals surface area contributed by atoms with Crippen molar-refractivity contribution in [1.82, 2.24) is 5.32 Å². The zero-order valence-corrected chi connectivity index (χ0v) is 13.8. The van der Waals surface area contributed by atoms with Crippen molar-refractivity contribution in [2.45, 2.75) is 19.8 Å². The number of hydrogen-bond donors (Lipinski definition) is 1. The van der Waals surface area contributed by atoms with Gasteiger partial charge in [-0.1, -0.05) is 30.3 Å². The van der Waals surface area contributed by atoms with Crippen LogP contribution in [0.4, 0.5) is 11.4 Å². The van der Waals surface area contributed by atoms with Gasteiger partial charge in [0.25, 0.3) is 0 Å². The molecular weight excluding hydrogens is 304 g/mol. The molecule has 0 amide bonds. The molecule has 4 nitrogen and oxygen atoms in total. The molecule has 1 aromatic rings. The molecule has 1 atom stereocenters. The third kappa shape index (κ3) is 4.29. The number of nitriles is 1. The maximum absolute atomic E-state index is 8.65. The molecule has 1 aromatic carbocycles. The maximum Gasteiger partial charge on any atom is 0.183 e. The molecule has 0 radical (unpaired) electrons. The number of anilines is 1. The maximum atomic E-state index is 8.65. The SMILES string of the molecule is CSC(=Nc1ccc(N2CCCC(C)C2)c(Cl)c1)NC#N. The first kappa shape index (κ1) is 16.0. The Bertz CT molecular complexity index is 567. The van der Waals surface area contributed by atoms with Crippen molar-refractivity contribution < 1.29 is 0 Å². The summed E-state index contributed by atoms with van der Waals surface area (Å²) in [6.45, 7) is 4.38. The van der Waals surface area contributed by atoms with Crippen LogP contribution in [0.2, 0.25) is 5.02 Å². The number of aliphatic imine (C=N–C) groups is 1. The van der Waals surface area contributed by atoms with Crippen molar-refractivity contribution in [2.24, 2.45) is 10.9 Å². The summed E-state index contributed by atoms with van der Waals surface area (Å²) in [5, 5.41) is 12.5. The van der Waals surface area contributed by atoms with E-state index in [1.54, 1.807) is 0 Å². The smallest absolute Gasteiger partial charge is 0.183 e. The van der Waals surface area contributed by atoms with Crippen molar-refractivity contribution in [3.8, 4) is 6.19 Å². The van der Waals surface area contributed by atoms with Gasteiger partial charge in [0.1, 0.15) is 0 Å². The summed E-state index contributed by atoms with van der Waals surface area (Å²) in [6.07, 6.45) is 6.24. The van der Waals surface area contributed by atoms with Crippen molar-refractivity contribution in [2.75, 3.05) is 24.2 Å². The summed E-state index contributed by atoms with van der Waals surface area (Å²) < 4.78 is 0. The number of hydrogen-bond acceptors (Lipinski definition) is 4. The van der Waals surface area contributed by atoms with Crippen molar-refractivity contribution in [3.63, 3.8) is 0 Å². The minimum Gasteiger partial charge on any atom is -0.370 e. The predicted octanol–water partition coefficient (Wildman–Crippen LogP) is 4.00. The number of nitrogens with zero attached hydrogens (tertiary/aromatic N) is 3. The summed E-state index contributed by atoms with van der Waals surface area (Å²) in [4.78, 5) is 6.71. The summed E-state index contributed by atoms with van der Waals surface area (Å²) >= 11 is 7.80. The van der Waals surface area contributed by atoms with Gasteiger partial charge in [-0.15, -0.1) is 0 Å². The zero-order chi connectivity index (χ0) is 15.2. The highest BCUT2D eigenvalue weighted by atomic mass is 35.5. The molecule has 1 saturated heterocycles. The second-order valence-corrected chi connectivity index (χ2v) is 6.39. The minimum atomic E-state index is 0.563. The molecule has 0 aromatic heterocycles. The molecule has 1 fully saturated rings. The Hall–Kier alpha value is -1.38. The van der Waals surface area contributed by atoms with Gasteiger partial charge in [-0.2, -0.15) is 5.26 Å². The highest BCUT2D eigenvalue weighted by Gasteiger charge is 2.18. The van der Waals surface area contributed by atoms with Gasteiger partial charge in [0.2, 0.25) is 0 Å². The molecule has 1 aliphatic rings. The van der Waals surface area contributed by atoms with Crippen molar-refractivity contribution in [3.05, 3.63) is 23.2 Å². The Morgan fingerprint density at radius 3 is 3.00 bits per heavy atom. The van der Waals surface area contributed by atoms with Gasteiger partial charge in [-0.25, -0.2) is 4.99 Å². The van der Waals surface area contributed by atoms with Crippen LogP contribution in [0.5, 0.6) is 0 Å². The third-order valence-corrected chi connectivity index (χ3v) is 4.40. The Balaban J connectivity index is 2.19. The van der Waals surface area contributed by atoms with E-state index in [1.807, 2.05) is 30.6 Å². The molecule has 0 bridgehead atoms. The molecule has 2 rings (SSSR count). The van der Waals surface area contributed by atoms with E-state index in [-0.39, 0.29) is 0 Å². The summed E-state index contributed by atoms with van der Waals surface area (Å²) in [7, 11) is 0. The highest BCUT2D eigenvalue weighted by molar-refractivity contribution is 8.13. The normalized spacial score (nSPS) is 19.2. The van der Waals surface area contributed by atoms with Gasteiger partial charge in [0, 0.05) is 13.1 Å². The highest BCUT2D eigenvalue weighted by Crippen LogP contribution is 2.32. The minimum absolute atomic E-state index is 0.563. The van der Waals surface area contributed by atoms with Crippen LogP contribution in [0.1, 0.15) is 19.8 Å². The number of piperidine rings is 1. The van der Waals surface area contributed by atoms with E-state index >= 15 is 0 Å². The van der Waals surface area contributed by atoms with Crippen molar-refractivity contribution >= 4 is 39.9 Å². The fourth-order valence-electron chi connectivity index (χ4n) is 2.52. The number of thioether (sulfide) groups is 1. The Kier molecular flexibility index (Phi) is 5.77. The molecule has 21 heavy (non-hydrogen) atoms. The standard InChI is InChI=1S/C15H19ClN4S/c1-11-4-3-7-20(9-11)14-6-5-12(8-13(14)16)19-15(21-2)18-10-17/h5-6,8,11H,3-4,7,9H2,1-2H3,(H,18,19). The van der Waals surface area contributed by atoms with Gasteiger partial charge in [-0.3, -0.25) is 5.32 Å². The van der Waals surface area contributed by atoms with E-state index in [9.17, 15) is 0 Å². The second kappa shape index (κ2) is 7.58. The lowest BCUT2D eigenvalue weighted by Gasteiger charge is -2.33. The second-order valence-electron chi connectivity index (χ2n) is 5.19. The van der Waals surface area contributed by atoms with Crippen LogP contribution in [0.3, 0.4) is 0 Å². The molecule has 0 spiro atoms. The lowest BCUT2D eigenvalue weighted by atomic mass is 10.00. The monoisotopic (exact) mass is 322 g/mol. The van der Waals surface area contributed by atoms with E-state index in [4.69, 9.17) is 16.9 Å². The van der Waals surface area contributed by atoms with Gasteiger partial charge in [-0.05, 0) is 43.2 Å². The molecule has 1 aliphatic heterocycles. The summed E-state index contributed by atoms with van der Waals surface area (Å²) in [5.74, 6) is 0.704. The molecule has 1 N–H and O–H groups in total. The Morgan fingerprint density at radius 2 is 2.38 bits per heavy atom. The Morgan fingerprint density at radius 1 is 1.57 bits per heavy atom. The fourth-order valence-corrected chi connectivity index (χ4v) is 3.16. The largest absolute Gasteiger partial charge is 0.370 e. The molecule has 6 heteroatoms. The zero-order valence-electron chi connectivity index (χ0n) is 12.3. The lowest BCUT2D eigenvalue weighted by molar-refractivity contribution is 0.447. The number of benzene rings is 1. The first-order chi connectivity index (χ1) is 10.1. The molecule has 1 unspecified atom stereocenters. The predicted molar refractivity (Wildman–Crippen MR) is 91.4 cm³/mol. The van der Waals surface area contributed by atoms with E-state index in [1.165, 1.54) is 24.6 Å². The van der Waals surface area contributed by atoms with Crippen molar-refractivity contribution in [1.29, 1.82) is 5.26 Å². The van der Waals surface area contributed by atoms with Crippen LogP contribution in [0.25, 0.3) is 0 Å². The molecular formula is C15H19ClN4S. The van der Waals surface area contributed by atoms with Gasteiger partial charge < -0.3 is 4.90 Å². The van der Waals surface area contributed by atoms with Gasteiger partial charge in [0.05, 0.1) is 16.4 Å². The third-order valence-electron chi connectivity index (χ3n) is 3.52. The molecule has 112 valence electrons. The van der Waals surface area contributed by atoms with E-state index in [2.05, 4.69) is 22.1 Å². The van der Waals surface area contributed by atoms with E-state index < -0.39 is 0 Å². The average molecular weight is 323 g/mol. The van der Waals surface area contributed by atoms with Crippen LogP contribution in [0.15, 0.2) is 23.2 Å². The quantitative estimate of drug-likeness (QED) is 0.387. The number of rotatable bonds is 2. The van der Waals surface area contributed by atoms with E-state index in [0.29, 0.717) is 16.1 Å². The number of nitrogens with one attached hydrogen (secondary N) is 1. The summed E-state index contributed by atoms with van der Waals surface area (Å²) in [6, 6.07) is 5.81. The molecule has 1 heterocycles. The lowest BCUT2D eigenvalue weighted by Crippen LogP contribution is -2.34. The summed E-state index contributed by atoms with van der Waals surface area (Å²) in [5.41, 5.74) is 1.82. The van der Waals surface area contributed by atoms with Crippen LogP contribution in [-0.2, 0) is 0 Å². The van der Waals surface area contributed by atoms with E-state index in [0.717, 1.165) is 24.5 Å². The van der Waals surface area contributed by atoms with Crippen LogP contribution in [0, 0.1) is 17.4 Å². The first-order valence-corrected chi connectivity index (χ1v) is 8.56. The van der Waals surface area contributed by atoms with Gasteiger partial charge >= 0.3 is 0 Å². The molecule has 0 aliphatic carbocycles. The van der Waals surface area contributed by atoms with Crippen LogP contribution in [-0.4, -0.2) is 24.5 Å². The fraction of sp³-hybridized carbons (Fsp3) is 0.467. The topological polar surface area (TPSA) is 51.4 Å². The van der Waals surface area contributed by atoms with Crippen LogP contribution < -0.4 is 10.2 Å². The Labute approximate surface area is 135 Å². The number of halogens is 1. The van der Waals surface area contributed by atoms with Gasteiger partial charge in [0.15, 0.2) is 11.4 Å². The number of amidine groups is 1. The van der Waals surface area contributed by atoms with Crippen LogP contribution >= 0.6 is 23.4 Å². The first-order valence-electron chi connectivity index (χ1n) is 6.96. The average Bonchev–Trinajstić information content (AvgIpc) is 2.47. The molecule has 0 saturated carbocycles.